The van der Waals surface area contributed by atoms with Crippen molar-refractivity contribution in [3.8, 4) is 0 Å². The summed E-state index contributed by atoms with van der Waals surface area (Å²) in [4.78, 5) is 19.4. The van der Waals surface area contributed by atoms with E-state index in [0.717, 1.165) is 29.8 Å². The van der Waals surface area contributed by atoms with Crippen molar-refractivity contribution in [3.63, 3.8) is 0 Å². The molecule has 2 heterocycles. The number of pyridine rings is 1. The molecule has 0 bridgehead atoms. The van der Waals surface area contributed by atoms with Crippen molar-refractivity contribution in [1.82, 2.24) is 19.7 Å². The molecule has 1 amide bonds. The summed E-state index contributed by atoms with van der Waals surface area (Å²) >= 11 is 0. The highest BCUT2D eigenvalue weighted by Gasteiger charge is 2.26. The number of nitrogens with zero attached hydrogens (tertiary/aromatic N) is 4. The second-order valence-electron chi connectivity index (χ2n) is 7.13. The number of carbonyl (C=O) groups excluding carboxylic acids is 1. The number of aromatic nitrogens is 3. The fourth-order valence-corrected chi connectivity index (χ4v) is 3.66. The van der Waals surface area contributed by atoms with Crippen molar-refractivity contribution in [3.05, 3.63) is 47.0 Å². The minimum Gasteiger partial charge on any atom is -0.334 e. The first kappa shape index (κ1) is 17.6. The van der Waals surface area contributed by atoms with Gasteiger partial charge in [0, 0.05) is 30.7 Å². The molecule has 1 aliphatic rings. The number of hydrogen-bond donors (Lipinski definition) is 0. The summed E-state index contributed by atoms with van der Waals surface area (Å²) < 4.78 is 1.85. The zero-order valence-corrected chi connectivity index (χ0v) is 15.5. The SMILES string of the molecule is Cc1nn(CC(=O)N(Cc2cccnc2)C2CCCCC2)c(C)c1C. The van der Waals surface area contributed by atoms with Crippen LogP contribution in [-0.2, 0) is 17.9 Å². The summed E-state index contributed by atoms with van der Waals surface area (Å²) in [5, 5.41) is 4.54. The molecular formula is C20H28N4O. The van der Waals surface area contributed by atoms with Crippen LogP contribution in [0, 0.1) is 20.8 Å². The maximum Gasteiger partial charge on any atom is 0.244 e. The van der Waals surface area contributed by atoms with Gasteiger partial charge in [0.25, 0.3) is 0 Å². The van der Waals surface area contributed by atoms with Gasteiger partial charge in [-0.25, -0.2) is 0 Å². The zero-order chi connectivity index (χ0) is 17.8. The van der Waals surface area contributed by atoms with E-state index in [1.165, 1.54) is 24.8 Å². The summed E-state index contributed by atoms with van der Waals surface area (Å²) in [6.45, 7) is 7.05. The van der Waals surface area contributed by atoms with Gasteiger partial charge in [-0.1, -0.05) is 25.3 Å². The standard InChI is InChI=1S/C20H28N4O/c1-15-16(2)22-24(17(15)3)14-20(25)23(19-9-5-4-6-10-19)13-18-8-7-11-21-12-18/h7-8,11-12,19H,4-6,9-10,13-14H2,1-3H3. The minimum atomic E-state index is 0.154. The Bertz CT molecular complexity index is 717. The van der Waals surface area contributed by atoms with E-state index in [2.05, 4.69) is 21.9 Å². The van der Waals surface area contributed by atoms with Gasteiger partial charge in [0.2, 0.25) is 5.91 Å². The average Bonchev–Trinajstić information content (AvgIpc) is 2.88. The molecule has 0 aromatic carbocycles. The lowest BCUT2D eigenvalue weighted by Crippen LogP contribution is -2.42. The van der Waals surface area contributed by atoms with Crippen LogP contribution < -0.4 is 0 Å². The molecular weight excluding hydrogens is 312 g/mol. The minimum absolute atomic E-state index is 0.154. The lowest BCUT2D eigenvalue weighted by Gasteiger charge is -2.34. The second-order valence-corrected chi connectivity index (χ2v) is 7.13. The molecule has 0 N–H and O–H groups in total. The molecule has 2 aromatic heterocycles. The Labute approximate surface area is 150 Å². The smallest absolute Gasteiger partial charge is 0.244 e. The van der Waals surface area contributed by atoms with Gasteiger partial charge in [-0.3, -0.25) is 14.5 Å². The number of amides is 1. The zero-order valence-electron chi connectivity index (χ0n) is 15.5. The van der Waals surface area contributed by atoms with Crippen LogP contribution in [0.4, 0.5) is 0 Å². The molecule has 1 aliphatic carbocycles. The number of hydrogen-bond acceptors (Lipinski definition) is 3. The molecule has 3 rings (SSSR count). The van der Waals surface area contributed by atoms with Crippen molar-refractivity contribution in [2.45, 2.75) is 72.0 Å². The topological polar surface area (TPSA) is 51.0 Å². The summed E-state index contributed by atoms with van der Waals surface area (Å²) in [5.74, 6) is 0.154. The molecule has 0 aliphatic heterocycles. The number of carbonyl (C=O) groups is 1. The van der Waals surface area contributed by atoms with Crippen LogP contribution in [0.15, 0.2) is 24.5 Å². The fourth-order valence-electron chi connectivity index (χ4n) is 3.66. The van der Waals surface area contributed by atoms with Gasteiger partial charge in [-0.05, 0) is 50.8 Å². The van der Waals surface area contributed by atoms with Crippen LogP contribution in [0.2, 0.25) is 0 Å². The summed E-state index contributed by atoms with van der Waals surface area (Å²) in [7, 11) is 0. The maximum atomic E-state index is 13.1. The van der Waals surface area contributed by atoms with Crippen molar-refractivity contribution in [1.29, 1.82) is 0 Å². The molecule has 1 saturated carbocycles. The Morgan fingerprint density at radius 2 is 2.00 bits per heavy atom. The molecule has 0 unspecified atom stereocenters. The first-order chi connectivity index (χ1) is 12.1. The van der Waals surface area contributed by atoms with E-state index >= 15 is 0 Å². The van der Waals surface area contributed by atoms with Gasteiger partial charge in [-0.15, -0.1) is 0 Å². The first-order valence-corrected chi connectivity index (χ1v) is 9.25. The lowest BCUT2D eigenvalue weighted by molar-refractivity contribution is -0.135. The predicted molar refractivity (Wildman–Crippen MR) is 98.1 cm³/mol. The van der Waals surface area contributed by atoms with Crippen LogP contribution in [0.5, 0.6) is 0 Å². The number of aryl methyl sites for hydroxylation is 1. The van der Waals surface area contributed by atoms with E-state index in [9.17, 15) is 4.79 Å². The molecule has 2 aromatic rings. The van der Waals surface area contributed by atoms with Crippen LogP contribution in [-0.4, -0.2) is 31.6 Å². The lowest BCUT2D eigenvalue weighted by atomic mass is 9.93. The van der Waals surface area contributed by atoms with Crippen molar-refractivity contribution < 1.29 is 4.79 Å². The van der Waals surface area contributed by atoms with Crippen molar-refractivity contribution in [2.24, 2.45) is 0 Å². The Morgan fingerprint density at radius 1 is 1.24 bits per heavy atom. The highest BCUT2D eigenvalue weighted by molar-refractivity contribution is 5.76. The van der Waals surface area contributed by atoms with E-state index in [-0.39, 0.29) is 5.91 Å². The van der Waals surface area contributed by atoms with E-state index in [4.69, 9.17) is 0 Å². The molecule has 134 valence electrons. The summed E-state index contributed by atoms with van der Waals surface area (Å²) in [5.41, 5.74) is 4.34. The van der Waals surface area contributed by atoms with Gasteiger partial charge in [0.1, 0.15) is 6.54 Å². The van der Waals surface area contributed by atoms with E-state index in [0.29, 0.717) is 19.1 Å². The molecule has 5 heteroatoms. The quantitative estimate of drug-likeness (QED) is 0.836. The molecule has 0 saturated heterocycles. The van der Waals surface area contributed by atoms with Crippen LogP contribution in [0.1, 0.15) is 54.6 Å². The maximum absolute atomic E-state index is 13.1. The average molecular weight is 340 g/mol. The Kier molecular flexibility index (Phi) is 5.51. The molecule has 0 radical (unpaired) electrons. The summed E-state index contributed by atoms with van der Waals surface area (Å²) in [6, 6.07) is 4.31. The number of rotatable bonds is 5. The van der Waals surface area contributed by atoms with Gasteiger partial charge >= 0.3 is 0 Å². The van der Waals surface area contributed by atoms with Crippen molar-refractivity contribution in [2.75, 3.05) is 0 Å². The highest BCUT2D eigenvalue weighted by Crippen LogP contribution is 2.24. The normalized spacial score (nSPS) is 15.3. The Hall–Kier alpha value is -2.17. The third-order valence-electron chi connectivity index (χ3n) is 5.44. The van der Waals surface area contributed by atoms with Gasteiger partial charge in [0.05, 0.1) is 5.69 Å². The highest BCUT2D eigenvalue weighted by atomic mass is 16.2. The third-order valence-corrected chi connectivity index (χ3v) is 5.44. The molecule has 25 heavy (non-hydrogen) atoms. The molecule has 1 fully saturated rings. The van der Waals surface area contributed by atoms with Gasteiger partial charge < -0.3 is 4.90 Å². The van der Waals surface area contributed by atoms with Crippen LogP contribution >= 0.6 is 0 Å². The Morgan fingerprint density at radius 3 is 2.60 bits per heavy atom. The van der Waals surface area contributed by atoms with Gasteiger partial charge in [-0.2, -0.15) is 5.10 Å². The van der Waals surface area contributed by atoms with E-state index in [1.807, 2.05) is 36.9 Å². The van der Waals surface area contributed by atoms with Gasteiger partial charge in [0.15, 0.2) is 0 Å². The first-order valence-electron chi connectivity index (χ1n) is 9.25. The van der Waals surface area contributed by atoms with Crippen LogP contribution in [0.25, 0.3) is 0 Å². The third kappa shape index (κ3) is 4.09. The van der Waals surface area contributed by atoms with Crippen LogP contribution in [0.3, 0.4) is 0 Å². The van der Waals surface area contributed by atoms with E-state index in [1.54, 1.807) is 6.20 Å². The second kappa shape index (κ2) is 7.81. The predicted octanol–water partition coefficient (Wildman–Crippen LogP) is 3.56. The molecule has 0 spiro atoms. The largest absolute Gasteiger partial charge is 0.334 e. The molecule has 5 nitrogen and oxygen atoms in total. The fraction of sp³-hybridized carbons (Fsp3) is 0.550. The van der Waals surface area contributed by atoms with E-state index < -0.39 is 0 Å². The molecule has 0 atom stereocenters. The summed E-state index contributed by atoms with van der Waals surface area (Å²) in [6.07, 6.45) is 9.53. The Balaban J connectivity index is 1.79. The monoisotopic (exact) mass is 340 g/mol. The van der Waals surface area contributed by atoms with Crippen molar-refractivity contribution >= 4 is 5.91 Å².